The van der Waals surface area contributed by atoms with Gasteiger partial charge in [-0.25, -0.2) is 0 Å². The van der Waals surface area contributed by atoms with E-state index in [4.69, 9.17) is 14.2 Å². The lowest BCUT2D eigenvalue weighted by Gasteiger charge is -2.50. The van der Waals surface area contributed by atoms with Gasteiger partial charge in [0.05, 0.1) is 26.7 Å². The minimum atomic E-state index is -0.645. The largest absolute Gasteiger partial charge is 0.497 e. The molecule has 1 aromatic rings. The number of ether oxygens (including phenoxy) is 3. The number of carbonyl (C=O) groups excluding carboxylic acids is 2. The quantitative estimate of drug-likeness (QED) is 0.769. The summed E-state index contributed by atoms with van der Waals surface area (Å²) in [6, 6.07) is 6.28. The molecular weight excluding hydrogens is 332 g/mol. The van der Waals surface area contributed by atoms with Gasteiger partial charge in [0.2, 0.25) is 0 Å². The molecule has 0 N–H and O–H groups in total. The van der Waals surface area contributed by atoms with Crippen LogP contribution in [0, 0.1) is 17.3 Å². The zero-order chi connectivity index (χ0) is 18.9. The van der Waals surface area contributed by atoms with Gasteiger partial charge in [0, 0.05) is 6.42 Å². The molecule has 0 aliphatic heterocycles. The number of esters is 2. The van der Waals surface area contributed by atoms with E-state index in [0.717, 1.165) is 25.0 Å². The van der Waals surface area contributed by atoms with Crippen molar-refractivity contribution < 1.29 is 23.8 Å². The van der Waals surface area contributed by atoms with Crippen molar-refractivity contribution >= 4 is 11.9 Å². The van der Waals surface area contributed by atoms with E-state index in [2.05, 4.69) is 12.1 Å². The van der Waals surface area contributed by atoms with Crippen molar-refractivity contribution in [2.75, 3.05) is 21.3 Å². The van der Waals surface area contributed by atoms with E-state index in [9.17, 15) is 9.59 Å². The van der Waals surface area contributed by atoms with Gasteiger partial charge in [-0.1, -0.05) is 6.07 Å². The van der Waals surface area contributed by atoms with Crippen LogP contribution in [0.4, 0.5) is 0 Å². The predicted octanol–water partition coefficient (Wildman–Crippen LogP) is 3.49. The molecule has 2 aliphatic carbocycles. The maximum absolute atomic E-state index is 12.6. The topological polar surface area (TPSA) is 61.8 Å². The third-order valence-corrected chi connectivity index (χ3v) is 6.59. The van der Waals surface area contributed by atoms with E-state index in [0.29, 0.717) is 12.3 Å². The molecular formula is C21H28O5. The van der Waals surface area contributed by atoms with Crippen LogP contribution in [0.1, 0.15) is 49.7 Å². The van der Waals surface area contributed by atoms with Gasteiger partial charge in [-0.05, 0) is 73.6 Å². The smallest absolute Gasteiger partial charge is 0.311 e. The fourth-order valence-electron chi connectivity index (χ4n) is 5.13. The number of carbonyl (C=O) groups is 2. The molecule has 1 saturated carbocycles. The average Bonchev–Trinajstić information content (AvgIpc) is 2.68. The van der Waals surface area contributed by atoms with Crippen molar-refractivity contribution in [3.05, 3.63) is 29.3 Å². The SMILES string of the molecule is COC(=O)C[C@H]1[C@@H]2CCc3cc(OC)ccc3[C@H]2CC[C@]1(C)C(=O)OC. The van der Waals surface area contributed by atoms with Crippen molar-refractivity contribution in [3.8, 4) is 5.75 Å². The molecule has 0 heterocycles. The van der Waals surface area contributed by atoms with Crippen LogP contribution in [0.5, 0.6) is 5.75 Å². The minimum absolute atomic E-state index is 0.0728. The second kappa shape index (κ2) is 7.29. The molecule has 0 radical (unpaired) electrons. The van der Waals surface area contributed by atoms with E-state index < -0.39 is 5.41 Å². The highest BCUT2D eigenvalue weighted by Gasteiger charge is 2.53. The summed E-state index contributed by atoms with van der Waals surface area (Å²) in [6.45, 7) is 1.95. The summed E-state index contributed by atoms with van der Waals surface area (Å²) in [6.07, 6.45) is 3.79. The second-order valence-electron chi connectivity index (χ2n) is 7.71. The van der Waals surface area contributed by atoms with Crippen LogP contribution < -0.4 is 4.74 Å². The molecule has 4 atom stereocenters. The van der Waals surface area contributed by atoms with Crippen LogP contribution in [-0.2, 0) is 25.5 Å². The lowest BCUT2D eigenvalue weighted by atomic mass is 9.54. The molecule has 0 saturated heterocycles. The van der Waals surface area contributed by atoms with Crippen molar-refractivity contribution in [1.82, 2.24) is 0 Å². The average molecular weight is 360 g/mol. The highest BCUT2D eigenvalue weighted by Crippen LogP contribution is 2.56. The normalized spacial score (nSPS) is 29.9. The molecule has 0 unspecified atom stereocenters. The lowest BCUT2D eigenvalue weighted by molar-refractivity contribution is -0.163. The Balaban J connectivity index is 1.97. The second-order valence-corrected chi connectivity index (χ2v) is 7.71. The summed E-state index contributed by atoms with van der Waals surface area (Å²) in [5.41, 5.74) is 2.02. The van der Waals surface area contributed by atoms with Crippen LogP contribution in [0.25, 0.3) is 0 Å². The number of fused-ring (bicyclic) bond motifs is 3. The maximum atomic E-state index is 12.6. The van der Waals surface area contributed by atoms with Gasteiger partial charge >= 0.3 is 11.9 Å². The standard InChI is InChI=1S/C21H28O5/c1-21(20(23)26-4)10-9-16-15-8-6-14(24-2)11-13(15)5-7-17(16)18(21)12-19(22)25-3/h6,8,11,16-18H,5,7,9-10,12H2,1-4H3/t16-,17-,18+,21+/m1/s1. The van der Waals surface area contributed by atoms with Gasteiger partial charge < -0.3 is 14.2 Å². The van der Waals surface area contributed by atoms with E-state index in [1.807, 2.05) is 13.0 Å². The summed E-state index contributed by atoms with van der Waals surface area (Å²) >= 11 is 0. The number of aryl methyl sites for hydroxylation is 1. The zero-order valence-electron chi connectivity index (χ0n) is 16.0. The molecule has 3 rings (SSSR count). The summed E-state index contributed by atoms with van der Waals surface area (Å²) in [5.74, 6) is 0.960. The molecule has 0 spiro atoms. The van der Waals surface area contributed by atoms with Gasteiger partial charge in [-0.2, -0.15) is 0 Å². The van der Waals surface area contributed by atoms with Crippen molar-refractivity contribution in [2.45, 2.75) is 44.9 Å². The van der Waals surface area contributed by atoms with Crippen LogP contribution in [-0.4, -0.2) is 33.3 Å². The fourth-order valence-corrected chi connectivity index (χ4v) is 5.13. The number of methoxy groups -OCH3 is 3. The van der Waals surface area contributed by atoms with E-state index >= 15 is 0 Å². The number of hydrogen-bond donors (Lipinski definition) is 0. The molecule has 5 heteroatoms. The first-order valence-electron chi connectivity index (χ1n) is 9.26. The van der Waals surface area contributed by atoms with E-state index in [1.165, 1.54) is 25.3 Å². The molecule has 142 valence electrons. The van der Waals surface area contributed by atoms with Crippen LogP contribution in [0.2, 0.25) is 0 Å². The lowest BCUT2D eigenvalue weighted by Crippen LogP contribution is -2.48. The minimum Gasteiger partial charge on any atom is -0.497 e. The molecule has 5 nitrogen and oxygen atoms in total. The Labute approximate surface area is 155 Å². The van der Waals surface area contributed by atoms with Gasteiger partial charge in [-0.15, -0.1) is 0 Å². The first kappa shape index (κ1) is 18.7. The van der Waals surface area contributed by atoms with Crippen molar-refractivity contribution in [2.24, 2.45) is 17.3 Å². The third-order valence-electron chi connectivity index (χ3n) is 6.59. The highest BCUT2D eigenvalue weighted by atomic mass is 16.5. The monoisotopic (exact) mass is 360 g/mol. The van der Waals surface area contributed by atoms with Gasteiger partial charge in [-0.3, -0.25) is 9.59 Å². The molecule has 0 amide bonds. The van der Waals surface area contributed by atoms with Crippen molar-refractivity contribution in [1.29, 1.82) is 0 Å². The molecule has 1 fully saturated rings. The summed E-state index contributed by atoms with van der Waals surface area (Å²) in [7, 11) is 4.51. The maximum Gasteiger partial charge on any atom is 0.311 e. The van der Waals surface area contributed by atoms with Crippen LogP contribution in [0.15, 0.2) is 18.2 Å². The summed E-state index contributed by atoms with van der Waals surface area (Å²) in [4.78, 5) is 24.7. The first-order valence-corrected chi connectivity index (χ1v) is 9.26. The van der Waals surface area contributed by atoms with Crippen LogP contribution in [0.3, 0.4) is 0 Å². The van der Waals surface area contributed by atoms with E-state index in [-0.39, 0.29) is 30.2 Å². The van der Waals surface area contributed by atoms with Crippen LogP contribution >= 0.6 is 0 Å². The predicted molar refractivity (Wildman–Crippen MR) is 97.0 cm³/mol. The Kier molecular flexibility index (Phi) is 5.26. The molecule has 1 aromatic carbocycles. The van der Waals surface area contributed by atoms with Gasteiger partial charge in [0.1, 0.15) is 5.75 Å². The van der Waals surface area contributed by atoms with Crippen molar-refractivity contribution in [3.63, 3.8) is 0 Å². The number of benzene rings is 1. The molecule has 26 heavy (non-hydrogen) atoms. The molecule has 0 bridgehead atoms. The number of rotatable bonds is 4. The molecule has 0 aromatic heterocycles. The Morgan fingerprint density at radius 2 is 1.92 bits per heavy atom. The Hall–Kier alpha value is -2.04. The number of hydrogen-bond acceptors (Lipinski definition) is 5. The fraction of sp³-hybridized carbons (Fsp3) is 0.619. The highest BCUT2D eigenvalue weighted by molar-refractivity contribution is 5.79. The first-order chi connectivity index (χ1) is 12.4. The van der Waals surface area contributed by atoms with Gasteiger partial charge in [0.15, 0.2) is 0 Å². The Morgan fingerprint density at radius 1 is 1.15 bits per heavy atom. The third kappa shape index (κ3) is 3.08. The zero-order valence-corrected chi connectivity index (χ0v) is 16.0. The van der Waals surface area contributed by atoms with Gasteiger partial charge in [0.25, 0.3) is 0 Å². The summed E-state index contributed by atoms with van der Waals surface area (Å²) < 4.78 is 15.4. The molecule has 2 aliphatic rings. The van der Waals surface area contributed by atoms with E-state index in [1.54, 1.807) is 7.11 Å². The Bertz CT molecular complexity index is 698. The Morgan fingerprint density at radius 3 is 2.58 bits per heavy atom. The summed E-state index contributed by atoms with van der Waals surface area (Å²) in [5, 5.41) is 0.